The van der Waals surface area contributed by atoms with Crippen molar-refractivity contribution in [1.82, 2.24) is 0 Å². The van der Waals surface area contributed by atoms with Crippen LogP contribution in [0.25, 0.3) is 10.8 Å². The van der Waals surface area contributed by atoms with E-state index in [1.807, 2.05) is 13.0 Å². The summed E-state index contributed by atoms with van der Waals surface area (Å²) >= 11 is 0. The van der Waals surface area contributed by atoms with Crippen molar-refractivity contribution in [3.8, 4) is 5.75 Å². The minimum atomic E-state index is -1.12. The van der Waals surface area contributed by atoms with Crippen molar-refractivity contribution in [3.63, 3.8) is 0 Å². The Labute approximate surface area is 179 Å². The van der Waals surface area contributed by atoms with Crippen LogP contribution in [0.4, 0.5) is 13.2 Å². The Balaban J connectivity index is 1.52. The van der Waals surface area contributed by atoms with Gasteiger partial charge in [-0.1, -0.05) is 24.3 Å². The topological polar surface area (TPSA) is 26.3 Å². The zero-order valence-corrected chi connectivity index (χ0v) is 17.2. The van der Waals surface area contributed by atoms with Crippen LogP contribution in [-0.4, -0.2) is 5.97 Å². The maximum Gasteiger partial charge on any atom is 0.349 e. The Morgan fingerprint density at radius 2 is 1.65 bits per heavy atom. The zero-order valence-electron chi connectivity index (χ0n) is 17.2. The van der Waals surface area contributed by atoms with Gasteiger partial charge >= 0.3 is 5.97 Å². The molecular formula is C26H23F3O2. The van der Waals surface area contributed by atoms with Gasteiger partial charge in [0.05, 0.1) is 0 Å². The van der Waals surface area contributed by atoms with Gasteiger partial charge in [-0.15, -0.1) is 0 Å². The molecule has 3 aromatic carbocycles. The Hall–Kier alpha value is -3.08. The largest absolute Gasteiger partial charge is 0.423 e. The highest BCUT2D eigenvalue weighted by molar-refractivity contribution is 5.92. The van der Waals surface area contributed by atoms with Crippen LogP contribution in [0, 0.1) is 23.4 Å². The van der Waals surface area contributed by atoms with Crippen LogP contribution >= 0.6 is 0 Å². The molecule has 160 valence electrons. The van der Waals surface area contributed by atoms with E-state index in [9.17, 15) is 18.0 Å². The number of halogens is 3. The molecule has 0 aromatic heterocycles. The highest BCUT2D eigenvalue weighted by Gasteiger charge is 2.26. The Kier molecular flexibility index (Phi) is 6.12. The number of benzene rings is 3. The van der Waals surface area contributed by atoms with Crippen LogP contribution in [0.15, 0.2) is 60.7 Å². The Morgan fingerprint density at radius 1 is 0.935 bits per heavy atom. The summed E-state index contributed by atoms with van der Waals surface area (Å²) in [6.07, 6.45) is 7.88. The summed E-state index contributed by atoms with van der Waals surface area (Å²) in [5.41, 5.74) is -0.141. The van der Waals surface area contributed by atoms with E-state index in [1.54, 1.807) is 6.07 Å². The van der Waals surface area contributed by atoms with Crippen LogP contribution in [0.1, 0.15) is 54.4 Å². The number of carbonyl (C=O) groups excluding carboxylic acids is 1. The van der Waals surface area contributed by atoms with E-state index < -0.39 is 29.0 Å². The molecule has 0 unspecified atom stereocenters. The fourth-order valence-corrected chi connectivity index (χ4v) is 4.38. The van der Waals surface area contributed by atoms with Crippen LogP contribution in [0.2, 0.25) is 0 Å². The average Bonchev–Trinajstić information content (AvgIpc) is 2.74. The lowest BCUT2D eigenvalue weighted by molar-refractivity contribution is 0.0724. The van der Waals surface area contributed by atoms with E-state index in [4.69, 9.17) is 4.74 Å². The maximum atomic E-state index is 14.7. The van der Waals surface area contributed by atoms with E-state index >= 15 is 0 Å². The fraction of sp³-hybridized carbons (Fsp3) is 0.269. The molecule has 1 aliphatic carbocycles. The summed E-state index contributed by atoms with van der Waals surface area (Å²) in [7, 11) is 0. The SMILES string of the molecule is C/C=C/C1CCC(c2cc(F)c(C(=O)Oc3ccc4c(F)cccc4c3)c(F)c2)CC1. The van der Waals surface area contributed by atoms with Crippen LogP contribution in [0.3, 0.4) is 0 Å². The van der Waals surface area contributed by atoms with Crippen molar-refractivity contribution >= 4 is 16.7 Å². The van der Waals surface area contributed by atoms with Gasteiger partial charge in [-0.25, -0.2) is 18.0 Å². The van der Waals surface area contributed by atoms with Gasteiger partial charge in [-0.2, -0.15) is 0 Å². The number of ether oxygens (including phenoxy) is 1. The van der Waals surface area contributed by atoms with Crippen LogP contribution in [0.5, 0.6) is 5.75 Å². The van der Waals surface area contributed by atoms with E-state index in [0.717, 1.165) is 25.7 Å². The van der Waals surface area contributed by atoms with Gasteiger partial charge in [0.2, 0.25) is 0 Å². The summed E-state index contributed by atoms with van der Waals surface area (Å²) in [4.78, 5) is 12.5. The van der Waals surface area contributed by atoms with E-state index in [1.165, 1.54) is 42.5 Å². The molecule has 5 heteroatoms. The zero-order chi connectivity index (χ0) is 22.0. The lowest BCUT2D eigenvalue weighted by Crippen LogP contribution is -2.16. The second-order valence-corrected chi connectivity index (χ2v) is 8.01. The van der Waals surface area contributed by atoms with Crippen molar-refractivity contribution < 1.29 is 22.7 Å². The van der Waals surface area contributed by atoms with Crippen molar-refractivity contribution in [2.24, 2.45) is 5.92 Å². The van der Waals surface area contributed by atoms with Gasteiger partial charge in [0.15, 0.2) is 0 Å². The molecule has 1 saturated carbocycles. The van der Waals surface area contributed by atoms with Gasteiger partial charge < -0.3 is 4.74 Å². The fourth-order valence-electron chi connectivity index (χ4n) is 4.38. The second kappa shape index (κ2) is 8.96. The number of hydrogen-bond acceptors (Lipinski definition) is 2. The van der Waals surface area contributed by atoms with E-state index in [-0.39, 0.29) is 11.7 Å². The van der Waals surface area contributed by atoms with Gasteiger partial charge in [0.25, 0.3) is 0 Å². The molecular weight excluding hydrogens is 401 g/mol. The molecule has 1 aliphatic rings. The summed E-state index contributed by atoms with van der Waals surface area (Å²) in [6.45, 7) is 1.99. The van der Waals surface area contributed by atoms with Crippen molar-refractivity contribution in [1.29, 1.82) is 0 Å². The number of carbonyl (C=O) groups is 1. The molecule has 3 aromatic rings. The molecule has 0 aliphatic heterocycles. The second-order valence-electron chi connectivity index (χ2n) is 8.01. The van der Waals surface area contributed by atoms with Crippen LogP contribution in [-0.2, 0) is 0 Å². The predicted molar refractivity (Wildman–Crippen MR) is 115 cm³/mol. The maximum absolute atomic E-state index is 14.7. The van der Waals surface area contributed by atoms with Crippen molar-refractivity contribution in [2.45, 2.75) is 38.5 Å². The first-order valence-corrected chi connectivity index (χ1v) is 10.5. The predicted octanol–water partition coefficient (Wildman–Crippen LogP) is 7.33. The Morgan fingerprint density at radius 3 is 2.32 bits per heavy atom. The molecule has 0 spiro atoms. The number of fused-ring (bicyclic) bond motifs is 1. The first-order valence-electron chi connectivity index (χ1n) is 10.5. The molecule has 2 nitrogen and oxygen atoms in total. The molecule has 0 saturated heterocycles. The summed E-state index contributed by atoms with van der Waals surface area (Å²) in [6, 6.07) is 11.3. The van der Waals surface area contributed by atoms with E-state index in [0.29, 0.717) is 22.3 Å². The van der Waals surface area contributed by atoms with Crippen molar-refractivity contribution in [2.75, 3.05) is 0 Å². The molecule has 31 heavy (non-hydrogen) atoms. The molecule has 0 amide bonds. The standard InChI is InChI=1S/C26H23F3O2/c1-2-4-16-7-9-17(10-8-16)19-14-23(28)25(24(29)15-19)26(30)31-20-11-12-21-18(13-20)5-3-6-22(21)27/h2-6,11-17H,7-10H2,1H3/b4-2+. The third-order valence-electron chi connectivity index (χ3n) is 5.99. The lowest BCUT2D eigenvalue weighted by atomic mass is 9.78. The number of allylic oxidation sites excluding steroid dienone is 2. The highest BCUT2D eigenvalue weighted by atomic mass is 19.1. The molecule has 1 fully saturated rings. The summed E-state index contributed by atoms with van der Waals surface area (Å²) < 4.78 is 48.4. The summed E-state index contributed by atoms with van der Waals surface area (Å²) in [5.74, 6) is -2.69. The van der Waals surface area contributed by atoms with Crippen molar-refractivity contribution in [3.05, 3.63) is 89.3 Å². The monoisotopic (exact) mass is 424 g/mol. The quantitative estimate of drug-likeness (QED) is 0.249. The smallest absolute Gasteiger partial charge is 0.349 e. The normalized spacial score (nSPS) is 19.1. The van der Waals surface area contributed by atoms with Gasteiger partial charge in [0, 0.05) is 5.39 Å². The van der Waals surface area contributed by atoms with E-state index in [2.05, 4.69) is 6.08 Å². The first kappa shape index (κ1) is 21.2. The molecule has 0 bridgehead atoms. The number of hydrogen-bond donors (Lipinski definition) is 0. The third-order valence-corrected chi connectivity index (χ3v) is 5.99. The third kappa shape index (κ3) is 4.50. The highest BCUT2D eigenvalue weighted by Crippen LogP contribution is 2.37. The minimum Gasteiger partial charge on any atom is -0.423 e. The molecule has 0 radical (unpaired) electrons. The average molecular weight is 424 g/mol. The molecule has 0 N–H and O–H groups in total. The number of rotatable bonds is 4. The van der Waals surface area contributed by atoms with Gasteiger partial charge in [-0.05, 0) is 91.8 Å². The first-order chi connectivity index (χ1) is 15.0. The minimum absolute atomic E-state index is 0.0750. The van der Waals surface area contributed by atoms with Crippen LogP contribution < -0.4 is 4.74 Å². The summed E-state index contributed by atoms with van der Waals surface area (Å²) in [5, 5.41) is 0.892. The molecule has 4 rings (SSSR count). The van der Waals surface area contributed by atoms with Gasteiger partial charge in [0.1, 0.15) is 28.8 Å². The Bertz CT molecular complexity index is 1120. The number of esters is 1. The van der Waals surface area contributed by atoms with Gasteiger partial charge in [-0.3, -0.25) is 0 Å². The molecule has 0 heterocycles. The molecule has 0 atom stereocenters. The lowest BCUT2D eigenvalue weighted by Gasteiger charge is -2.27.